The molecule has 1 aromatic rings. The average molecular weight is 366 g/mol. The summed E-state index contributed by atoms with van der Waals surface area (Å²) in [5.41, 5.74) is 3.28. The monoisotopic (exact) mass is 365 g/mol. The van der Waals surface area contributed by atoms with E-state index in [1.807, 2.05) is 6.07 Å². The molecule has 1 heterocycles. The smallest absolute Gasteiger partial charge is 0.268 e. The summed E-state index contributed by atoms with van der Waals surface area (Å²) in [6, 6.07) is 10.9. The van der Waals surface area contributed by atoms with Crippen molar-refractivity contribution in [3.8, 4) is 0 Å². The Morgan fingerprint density at radius 3 is 2.70 bits per heavy atom. The van der Waals surface area contributed by atoms with E-state index in [-0.39, 0.29) is 23.9 Å². The Hall–Kier alpha value is -2.10. The quantitative estimate of drug-likeness (QED) is 0.764. The summed E-state index contributed by atoms with van der Waals surface area (Å²) in [6.45, 7) is 9.48. The molecule has 0 saturated heterocycles. The lowest BCUT2D eigenvalue weighted by Gasteiger charge is -2.27. The second-order valence-corrected chi connectivity index (χ2v) is 8.42. The van der Waals surface area contributed by atoms with Gasteiger partial charge in [0.2, 0.25) is 0 Å². The van der Waals surface area contributed by atoms with E-state index in [1.165, 1.54) is 24.0 Å². The van der Waals surface area contributed by atoms with Crippen LogP contribution >= 0.6 is 0 Å². The van der Waals surface area contributed by atoms with Gasteiger partial charge in [-0.2, -0.15) is 5.10 Å². The fourth-order valence-electron chi connectivity index (χ4n) is 5.23. The van der Waals surface area contributed by atoms with Crippen LogP contribution in [0.25, 0.3) is 0 Å². The third-order valence-electron chi connectivity index (χ3n) is 6.74. The minimum atomic E-state index is 0.0211. The Morgan fingerprint density at radius 2 is 2.07 bits per heavy atom. The molecule has 1 aliphatic heterocycles. The zero-order valence-corrected chi connectivity index (χ0v) is 16.5. The summed E-state index contributed by atoms with van der Waals surface area (Å²) in [6.07, 6.45) is 5.68. The molecule has 0 spiro atoms. The molecule has 4 heteroatoms. The number of fused-ring (bicyclic) bond motifs is 2. The highest BCUT2D eigenvalue weighted by atomic mass is 16.2. The number of nitrogens with one attached hydrogen (secondary N) is 1. The number of rotatable bonds is 6. The molecule has 0 aromatic heterocycles. The highest BCUT2D eigenvalue weighted by Gasteiger charge is 2.45. The molecule has 1 N–H and O–H groups in total. The predicted molar refractivity (Wildman–Crippen MR) is 109 cm³/mol. The molecule has 3 aliphatic rings. The van der Waals surface area contributed by atoms with Gasteiger partial charge in [0.25, 0.3) is 5.91 Å². The fourth-order valence-corrected chi connectivity index (χ4v) is 5.23. The Balaban J connectivity index is 1.51. The lowest BCUT2D eigenvalue weighted by Crippen LogP contribution is -2.43. The third-order valence-corrected chi connectivity index (χ3v) is 6.74. The van der Waals surface area contributed by atoms with E-state index >= 15 is 0 Å². The molecule has 5 atom stereocenters. The topological polar surface area (TPSA) is 44.7 Å². The van der Waals surface area contributed by atoms with Crippen LogP contribution in [0.15, 0.2) is 47.6 Å². The summed E-state index contributed by atoms with van der Waals surface area (Å²) in [7, 11) is 0. The first-order valence-corrected chi connectivity index (χ1v) is 10.5. The first-order valence-electron chi connectivity index (χ1n) is 10.5. The summed E-state index contributed by atoms with van der Waals surface area (Å²) in [5.74, 6) is 1.19. The van der Waals surface area contributed by atoms with Crippen LogP contribution in [0.3, 0.4) is 0 Å². The second-order valence-electron chi connectivity index (χ2n) is 8.42. The van der Waals surface area contributed by atoms with Crippen molar-refractivity contribution in [3.63, 3.8) is 0 Å². The molecule has 27 heavy (non-hydrogen) atoms. The minimum absolute atomic E-state index is 0.0211. The maximum absolute atomic E-state index is 13.1. The van der Waals surface area contributed by atoms with Crippen LogP contribution < -0.4 is 5.32 Å². The molecular formula is C23H31N3O. The van der Waals surface area contributed by atoms with Crippen LogP contribution in [0.5, 0.6) is 0 Å². The maximum Gasteiger partial charge on any atom is 0.268 e. The third kappa shape index (κ3) is 3.30. The fraction of sp³-hybridized carbons (Fsp3) is 0.565. The average Bonchev–Trinajstić information content (AvgIpc) is 3.30. The number of amides is 1. The number of hydrogen-bond donors (Lipinski definition) is 1. The normalized spacial score (nSPS) is 32.1. The number of unbranched alkanes of at least 4 members (excludes halogenated alkanes) is 1. The number of carbonyl (C=O) groups is 1. The predicted octanol–water partition coefficient (Wildman–Crippen LogP) is 4.31. The summed E-state index contributed by atoms with van der Waals surface area (Å²) in [4.78, 5) is 13.1. The van der Waals surface area contributed by atoms with Gasteiger partial charge in [0.1, 0.15) is 5.71 Å². The largest absolute Gasteiger partial charge is 0.348 e. The molecule has 1 aromatic carbocycles. The van der Waals surface area contributed by atoms with Gasteiger partial charge in [-0.3, -0.25) is 9.80 Å². The van der Waals surface area contributed by atoms with E-state index in [0.29, 0.717) is 17.5 Å². The lowest BCUT2D eigenvalue weighted by molar-refractivity contribution is -0.116. The van der Waals surface area contributed by atoms with Crippen LogP contribution in [-0.2, 0) is 4.79 Å². The van der Waals surface area contributed by atoms with Crippen LogP contribution in [0.2, 0.25) is 0 Å². The molecule has 144 valence electrons. The highest BCUT2D eigenvalue weighted by Crippen LogP contribution is 2.48. The van der Waals surface area contributed by atoms with Crippen molar-refractivity contribution >= 4 is 11.6 Å². The second kappa shape index (κ2) is 7.49. The van der Waals surface area contributed by atoms with Gasteiger partial charge in [0.15, 0.2) is 0 Å². The standard InChI is InChI=1S/C23H31N3O/c1-4-5-13-26-22(17-9-7-6-8-10-17)16(3)21(25-26)23(27)24-20-14-18-11-12-19(20)15(18)2/h6-10,16,18-20,22H,2,4-5,11-14H2,1,3H3,(H,24,27)/t16?,18-,19-,20+,22?/m1/s1. The molecule has 1 amide bonds. The van der Waals surface area contributed by atoms with E-state index in [1.54, 1.807) is 0 Å². The SMILES string of the molecule is C=C1[C@@H]2CC[C@H]1[C@@H](NC(=O)C1=NN(CCCC)C(c3ccccc3)C1C)C2. The lowest BCUT2D eigenvalue weighted by atomic mass is 9.90. The molecule has 4 nitrogen and oxygen atoms in total. The Bertz CT molecular complexity index is 741. The van der Waals surface area contributed by atoms with Crippen molar-refractivity contribution in [1.29, 1.82) is 0 Å². The molecule has 2 bridgehead atoms. The Labute approximate surface area is 162 Å². The molecule has 4 rings (SSSR count). The van der Waals surface area contributed by atoms with Gasteiger partial charge in [0, 0.05) is 24.4 Å². The zero-order chi connectivity index (χ0) is 19.0. The highest BCUT2D eigenvalue weighted by molar-refractivity contribution is 6.40. The zero-order valence-electron chi connectivity index (χ0n) is 16.5. The van der Waals surface area contributed by atoms with Gasteiger partial charge in [-0.1, -0.05) is 62.8 Å². The van der Waals surface area contributed by atoms with Crippen molar-refractivity contribution in [2.75, 3.05) is 6.54 Å². The Kier molecular flexibility index (Phi) is 5.07. The maximum atomic E-state index is 13.1. The van der Waals surface area contributed by atoms with Crippen molar-refractivity contribution in [2.45, 2.75) is 58.0 Å². The van der Waals surface area contributed by atoms with Gasteiger partial charge in [-0.05, 0) is 37.2 Å². The molecule has 2 unspecified atom stereocenters. The minimum Gasteiger partial charge on any atom is -0.348 e. The number of nitrogens with zero attached hydrogens (tertiary/aromatic N) is 2. The van der Waals surface area contributed by atoms with E-state index in [4.69, 9.17) is 5.10 Å². The van der Waals surface area contributed by atoms with Gasteiger partial charge >= 0.3 is 0 Å². The van der Waals surface area contributed by atoms with E-state index in [0.717, 1.165) is 25.8 Å². The molecule has 2 saturated carbocycles. The first-order chi connectivity index (χ1) is 13.1. The molecular weight excluding hydrogens is 334 g/mol. The Morgan fingerprint density at radius 1 is 1.30 bits per heavy atom. The van der Waals surface area contributed by atoms with E-state index in [2.05, 4.69) is 55.0 Å². The van der Waals surface area contributed by atoms with Crippen LogP contribution in [0, 0.1) is 17.8 Å². The van der Waals surface area contributed by atoms with E-state index in [9.17, 15) is 4.79 Å². The first kappa shape index (κ1) is 18.3. The van der Waals surface area contributed by atoms with Crippen molar-refractivity contribution < 1.29 is 4.79 Å². The van der Waals surface area contributed by atoms with Crippen LogP contribution in [-0.4, -0.2) is 29.2 Å². The molecule has 2 fully saturated rings. The van der Waals surface area contributed by atoms with Gasteiger partial charge in [-0.25, -0.2) is 0 Å². The summed E-state index contributed by atoms with van der Waals surface area (Å²) >= 11 is 0. The van der Waals surface area contributed by atoms with Gasteiger partial charge < -0.3 is 5.32 Å². The number of carbonyl (C=O) groups excluding carboxylic acids is 1. The number of benzene rings is 1. The van der Waals surface area contributed by atoms with Gasteiger partial charge in [0.05, 0.1) is 6.04 Å². The van der Waals surface area contributed by atoms with Crippen molar-refractivity contribution in [3.05, 3.63) is 48.0 Å². The summed E-state index contributed by atoms with van der Waals surface area (Å²) < 4.78 is 0. The van der Waals surface area contributed by atoms with Crippen molar-refractivity contribution in [1.82, 2.24) is 10.3 Å². The van der Waals surface area contributed by atoms with Crippen LogP contribution in [0.4, 0.5) is 0 Å². The van der Waals surface area contributed by atoms with Crippen LogP contribution in [0.1, 0.15) is 57.6 Å². The number of hydrazone groups is 1. The van der Waals surface area contributed by atoms with E-state index < -0.39 is 0 Å². The summed E-state index contributed by atoms with van der Waals surface area (Å²) in [5, 5.41) is 10.2. The van der Waals surface area contributed by atoms with Crippen molar-refractivity contribution in [2.24, 2.45) is 22.9 Å². The molecule has 2 aliphatic carbocycles. The van der Waals surface area contributed by atoms with Gasteiger partial charge in [-0.15, -0.1) is 0 Å². The molecule has 0 radical (unpaired) electrons. The number of hydrogen-bond acceptors (Lipinski definition) is 3.